The fourth-order valence-electron chi connectivity index (χ4n) is 3.82. The maximum Gasteiger partial charge on any atom is 0.292 e. The second-order valence-corrected chi connectivity index (χ2v) is 6.77. The highest BCUT2D eigenvalue weighted by Crippen LogP contribution is 2.31. The Labute approximate surface area is 147 Å². The van der Waals surface area contributed by atoms with Crippen LogP contribution in [0.2, 0.25) is 0 Å². The van der Waals surface area contributed by atoms with Crippen molar-refractivity contribution in [2.24, 2.45) is 5.92 Å². The largest absolute Gasteiger partial charge is 0.381 e. The molecule has 0 radical (unpaired) electrons. The van der Waals surface area contributed by atoms with Gasteiger partial charge in [-0.25, -0.2) is 0 Å². The van der Waals surface area contributed by atoms with Crippen LogP contribution < -0.4 is 4.90 Å². The molecule has 7 nitrogen and oxygen atoms in total. The van der Waals surface area contributed by atoms with Crippen molar-refractivity contribution < 1.29 is 14.5 Å². The number of rotatable bonds is 4. The van der Waals surface area contributed by atoms with Gasteiger partial charge in [0.25, 0.3) is 5.69 Å². The van der Waals surface area contributed by atoms with Gasteiger partial charge in [0.05, 0.1) is 11.0 Å². The molecule has 0 spiro atoms. The third-order valence-electron chi connectivity index (χ3n) is 5.35. The highest BCUT2D eigenvalue weighted by atomic mass is 16.6. The van der Waals surface area contributed by atoms with Gasteiger partial charge in [0.1, 0.15) is 5.69 Å². The molecule has 2 aliphatic heterocycles. The Morgan fingerprint density at radius 1 is 1.12 bits per heavy atom. The zero-order valence-electron chi connectivity index (χ0n) is 14.6. The smallest absolute Gasteiger partial charge is 0.292 e. The van der Waals surface area contributed by atoms with Crippen LogP contribution in [0, 0.1) is 16.0 Å². The normalized spacial score (nSPS) is 19.9. The van der Waals surface area contributed by atoms with Gasteiger partial charge in [-0.15, -0.1) is 0 Å². The fraction of sp³-hybridized carbons (Fsp3) is 0.611. The lowest BCUT2D eigenvalue weighted by Gasteiger charge is -2.37. The molecule has 1 aromatic rings. The quantitative estimate of drug-likeness (QED) is 0.618. The minimum Gasteiger partial charge on any atom is -0.381 e. The van der Waals surface area contributed by atoms with Gasteiger partial charge >= 0.3 is 0 Å². The lowest BCUT2D eigenvalue weighted by Crippen LogP contribution is -2.46. The number of amides is 1. The summed E-state index contributed by atoms with van der Waals surface area (Å²) in [5.74, 6) is 0.259. The number of nitro benzene ring substituents is 1. The summed E-state index contributed by atoms with van der Waals surface area (Å²) in [6, 6.07) is 6.82. The summed E-state index contributed by atoms with van der Waals surface area (Å²) in [6.07, 6.45) is 3.56. The summed E-state index contributed by atoms with van der Waals surface area (Å²) in [5.41, 5.74) is 0.785. The minimum absolute atomic E-state index is 0.0260. The van der Waals surface area contributed by atoms with Crippen molar-refractivity contribution in [1.82, 2.24) is 4.90 Å². The number of anilines is 1. The maximum atomic E-state index is 12.7. The van der Waals surface area contributed by atoms with Crippen LogP contribution in [0.5, 0.6) is 0 Å². The minimum atomic E-state index is -0.341. The fourth-order valence-corrected chi connectivity index (χ4v) is 3.82. The predicted octanol–water partition coefficient (Wildman–Crippen LogP) is 2.45. The highest BCUT2D eigenvalue weighted by Gasteiger charge is 2.32. The van der Waals surface area contributed by atoms with E-state index >= 15 is 0 Å². The van der Waals surface area contributed by atoms with Crippen LogP contribution in [-0.2, 0) is 9.53 Å². The van der Waals surface area contributed by atoms with E-state index in [-0.39, 0.29) is 28.5 Å². The highest BCUT2D eigenvalue weighted by molar-refractivity contribution is 5.79. The van der Waals surface area contributed by atoms with Gasteiger partial charge in [-0.05, 0) is 31.7 Å². The van der Waals surface area contributed by atoms with Crippen molar-refractivity contribution in [3.05, 3.63) is 34.4 Å². The Morgan fingerprint density at radius 2 is 1.76 bits per heavy atom. The summed E-state index contributed by atoms with van der Waals surface area (Å²) in [7, 11) is 1.72. The van der Waals surface area contributed by atoms with Crippen LogP contribution in [0.3, 0.4) is 0 Å². The van der Waals surface area contributed by atoms with Gasteiger partial charge in [-0.3, -0.25) is 14.9 Å². The summed E-state index contributed by atoms with van der Waals surface area (Å²) in [6.45, 7) is 2.88. The molecule has 1 aromatic carbocycles. The van der Waals surface area contributed by atoms with E-state index in [0.29, 0.717) is 18.8 Å². The van der Waals surface area contributed by atoms with Gasteiger partial charge in [-0.2, -0.15) is 0 Å². The number of nitro groups is 1. The SMILES string of the molecule is COC1CCN(C(=O)C2CCN(c3ccccc3[N+](=O)[O-])CC2)CC1. The van der Waals surface area contributed by atoms with Crippen molar-refractivity contribution in [2.75, 3.05) is 38.2 Å². The molecule has 2 saturated heterocycles. The Bertz CT molecular complexity index is 621. The first kappa shape index (κ1) is 17.7. The van der Waals surface area contributed by atoms with E-state index in [2.05, 4.69) is 0 Å². The van der Waals surface area contributed by atoms with Gasteiger partial charge in [-0.1, -0.05) is 12.1 Å². The number of hydrogen-bond donors (Lipinski definition) is 0. The molecule has 2 aliphatic rings. The molecule has 0 aliphatic carbocycles. The number of carbonyl (C=O) groups excluding carboxylic acids is 1. The average Bonchev–Trinajstić information content (AvgIpc) is 2.67. The number of para-hydroxylation sites is 2. The maximum absolute atomic E-state index is 12.7. The number of methoxy groups -OCH3 is 1. The molecule has 0 bridgehead atoms. The predicted molar refractivity (Wildman–Crippen MR) is 94.6 cm³/mol. The van der Waals surface area contributed by atoms with Gasteiger partial charge in [0, 0.05) is 45.3 Å². The number of carbonyl (C=O) groups is 1. The molecule has 0 atom stereocenters. The van der Waals surface area contributed by atoms with Crippen molar-refractivity contribution in [2.45, 2.75) is 31.8 Å². The lowest BCUT2D eigenvalue weighted by molar-refractivity contribution is -0.384. The third-order valence-corrected chi connectivity index (χ3v) is 5.35. The zero-order valence-corrected chi connectivity index (χ0v) is 14.6. The van der Waals surface area contributed by atoms with Crippen LogP contribution in [-0.4, -0.2) is 55.1 Å². The van der Waals surface area contributed by atoms with Crippen molar-refractivity contribution in [1.29, 1.82) is 0 Å². The summed E-state index contributed by atoms with van der Waals surface area (Å²) in [5, 5.41) is 11.2. The van der Waals surface area contributed by atoms with E-state index in [0.717, 1.165) is 38.8 Å². The van der Waals surface area contributed by atoms with E-state index in [1.54, 1.807) is 19.2 Å². The summed E-state index contributed by atoms with van der Waals surface area (Å²) >= 11 is 0. The molecule has 0 N–H and O–H groups in total. The molecule has 3 rings (SSSR count). The van der Waals surface area contributed by atoms with Gasteiger partial charge in [0.15, 0.2) is 0 Å². The lowest BCUT2D eigenvalue weighted by atomic mass is 9.93. The first-order valence-electron chi connectivity index (χ1n) is 8.90. The molecule has 0 unspecified atom stereocenters. The van der Waals surface area contributed by atoms with Crippen LogP contribution in [0.25, 0.3) is 0 Å². The summed E-state index contributed by atoms with van der Waals surface area (Å²) in [4.78, 5) is 27.6. The molecule has 7 heteroatoms. The first-order valence-corrected chi connectivity index (χ1v) is 8.90. The second kappa shape index (κ2) is 7.82. The van der Waals surface area contributed by atoms with Crippen LogP contribution in [0.4, 0.5) is 11.4 Å². The Kier molecular flexibility index (Phi) is 5.53. The van der Waals surface area contributed by atoms with Crippen molar-refractivity contribution >= 4 is 17.3 Å². The molecule has 2 heterocycles. The molecule has 0 saturated carbocycles. The molecule has 0 aromatic heterocycles. The van der Waals surface area contributed by atoms with Gasteiger partial charge in [0.2, 0.25) is 5.91 Å². The van der Waals surface area contributed by atoms with E-state index in [9.17, 15) is 14.9 Å². The van der Waals surface area contributed by atoms with Crippen molar-refractivity contribution in [3.8, 4) is 0 Å². The molecule has 1 amide bonds. The first-order chi connectivity index (χ1) is 12.1. The molecule has 136 valence electrons. The number of likely N-dealkylation sites (tertiary alicyclic amines) is 1. The van der Waals surface area contributed by atoms with E-state index in [1.807, 2.05) is 15.9 Å². The van der Waals surface area contributed by atoms with E-state index in [4.69, 9.17) is 4.74 Å². The molecular formula is C18H25N3O4. The Balaban J connectivity index is 1.57. The number of nitrogens with zero attached hydrogens (tertiary/aromatic N) is 3. The number of hydrogen-bond acceptors (Lipinski definition) is 5. The monoisotopic (exact) mass is 347 g/mol. The van der Waals surface area contributed by atoms with E-state index in [1.165, 1.54) is 6.07 Å². The van der Waals surface area contributed by atoms with Crippen LogP contribution in [0.15, 0.2) is 24.3 Å². The van der Waals surface area contributed by atoms with Gasteiger partial charge < -0.3 is 14.5 Å². The standard InChI is InChI=1S/C18H25N3O4/c1-25-15-8-12-20(13-9-15)18(22)14-6-10-19(11-7-14)16-4-2-3-5-17(16)21(23)24/h2-5,14-15H,6-13H2,1H3. The van der Waals surface area contributed by atoms with Crippen molar-refractivity contribution in [3.63, 3.8) is 0 Å². The average molecular weight is 347 g/mol. The zero-order chi connectivity index (χ0) is 17.8. The van der Waals surface area contributed by atoms with Crippen LogP contribution >= 0.6 is 0 Å². The molecule has 25 heavy (non-hydrogen) atoms. The Hall–Kier alpha value is -2.15. The topological polar surface area (TPSA) is 75.9 Å². The number of ether oxygens (including phenoxy) is 1. The third kappa shape index (κ3) is 3.92. The molecule has 2 fully saturated rings. The number of benzene rings is 1. The molecular weight excluding hydrogens is 322 g/mol. The summed E-state index contributed by atoms with van der Waals surface area (Å²) < 4.78 is 5.36. The van der Waals surface area contributed by atoms with E-state index < -0.39 is 0 Å². The number of piperidine rings is 2. The van der Waals surface area contributed by atoms with Crippen LogP contribution in [0.1, 0.15) is 25.7 Å². The second-order valence-electron chi connectivity index (χ2n) is 6.77. The Morgan fingerprint density at radius 3 is 2.36 bits per heavy atom.